The van der Waals surface area contributed by atoms with Gasteiger partial charge in [-0.25, -0.2) is 13.8 Å². The fourth-order valence-electron chi connectivity index (χ4n) is 2.48. The van der Waals surface area contributed by atoms with Gasteiger partial charge in [0, 0.05) is 36.0 Å². The number of nitrogens with zero attached hydrogens (tertiary/aromatic N) is 2. The summed E-state index contributed by atoms with van der Waals surface area (Å²) in [5, 5.41) is 4.14. The number of pyridine rings is 1. The number of benzene rings is 1. The third-order valence-electron chi connectivity index (χ3n) is 3.44. The fourth-order valence-corrected chi connectivity index (χ4v) is 2.48. The van der Waals surface area contributed by atoms with Crippen LogP contribution in [0.15, 0.2) is 42.7 Å². The topological polar surface area (TPSA) is 29.9 Å². The van der Waals surface area contributed by atoms with E-state index < -0.39 is 11.6 Å². The van der Waals surface area contributed by atoms with Gasteiger partial charge >= 0.3 is 0 Å². The van der Waals surface area contributed by atoms with E-state index in [-0.39, 0.29) is 0 Å². The summed E-state index contributed by atoms with van der Waals surface area (Å²) in [6.07, 6.45) is 3.67. The van der Waals surface area contributed by atoms with Crippen molar-refractivity contribution in [2.45, 2.75) is 13.1 Å². The van der Waals surface area contributed by atoms with Gasteiger partial charge in [0.25, 0.3) is 0 Å². The molecule has 0 atom stereocenters. The molecule has 0 radical (unpaired) electrons. The summed E-state index contributed by atoms with van der Waals surface area (Å²) in [6.45, 7) is 1.03. The van der Waals surface area contributed by atoms with Crippen molar-refractivity contribution in [3.8, 4) is 0 Å². The summed E-state index contributed by atoms with van der Waals surface area (Å²) in [7, 11) is 1.87. The fraction of sp³-hybridized carbons (Fsp3) is 0.188. The van der Waals surface area contributed by atoms with Gasteiger partial charge in [-0.3, -0.25) is 0 Å². The number of halogens is 2. The van der Waals surface area contributed by atoms with E-state index in [9.17, 15) is 8.78 Å². The number of fused-ring (bicyclic) bond motifs is 1. The van der Waals surface area contributed by atoms with Gasteiger partial charge in [0.2, 0.25) is 0 Å². The van der Waals surface area contributed by atoms with Crippen molar-refractivity contribution < 1.29 is 8.78 Å². The largest absolute Gasteiger partial charge is 0.328 e. The summed E-state index contributed by atoms with van der Waals surface area (Å²) in [6, 6.07) is 7.52. The van der Waals surface area contributed by atoms with Gasteiger partial charge in [-0.2, -0.15) is 0 Å². The minimum absolute atomic E-state index is 0.323. The Labute approximate surface area is 121 Å². The molecule has 0 unspecified atom stereocenters. The van der Waals surface area contributed by atoms with Crippen LogP contribution in [0.1, 0.15) is 11.1 Å². The van der Waals surface area contributed by atoms with Crippen molar-refractivity contribution in [1.29, 1.82) is 0 Å². The van der Waals surface area contributed by atoms with Crippen LogP contribution in [0.2, 0.25) is 0 Å². The zero-order chi connectivity index (χ0) is 14.8. The molecule has 0 saturated carbocycles. The number of hydrogen-bond acceptors (Lipinski definition) is 2. The van der Waals surface area contributed by atoms with Crippen LogP contribution in [0.3, 0.4) is 0 Å². The van der Waals surface area contributed by atoms with Crippen molar-refractivity contribution in [2.24, 2.45) is 0 Å². The molecule has 21 heavy (non-hydrogen) atoms. The Kier molecular flexibility index (Phi) is 3.66. The highest BCUT2D eigenvalue weighted by Crippen LogP contribution is 2.21. The lowest BCUT2D eigenvalue weighted by molar-refractivity contribution is 0.567. The third kappa shape index (κ3) is 2.64. The molecule has 0 bridgehead atoms. The lowest BCUT2D eigenvalue weighted by atomic mass is 10.2. The maximum Gasteiger partial charge on any atom is 0.140 e. The maximum atomic E-state index is 13.8. The highest BCUT2D eigenvalue weighted by atomic mass is 19.1. The van der Waals surface area contributed by atoms with Crippen LogP contribution in [0.25, 0.3) is 11.0 Å². The van der Waals surface area contributed by atoms with E-state index in [2.05, 4.69) is 10.3 Å². The highest BCUT2D eigenvalue weighted by Gasteiger charge is 2.11. The molecule has 0 fully saturated rings. The van der Waals surface area contributed by atoms with Crippen LogP contribution < -0.4 is 5.32 Å². The summed E-state index contributed by atoms with van der Waals surface area (Å²) in [5.74, 6) is -1.11. The molecule has 0 aliphatic carbocycles. The van der Waals surface area contributed by atoms with Crippen molar-refractivity contribution in [3.05, 3.63) is 65.5 Å². The molecule has 0 saturated heterocycles. The molecule has 2 aromatic heterocycles. The first kappa shape index (κ1) is 13.7. The second kappa shape index (κ2) is 5.61. The van der Waals surface area contributed by atoms with Gasteiger partial charge in [0.05, 0.1) is 6.54 Å². The standard InChI is InChI=1S/C16H15F2N3/c1-19-8-12-10-21(16-14(12)3-2-6-20-16)9-11-4-5-13(17)7-15(11)18/h2-7,10,19H,8-9H2,1H3. The van der Waals surface area contributed by atoms with E-state index in [1.807, 2.05) is 29.9 Å². The predicted molar refractivity (Wildman–Crippen MR) is 78.0 cm³/mol. The summed E-state index contributed by atoms with van der Waals surface area (Å²) in [5.41, 5.74) is 2.34. The number of hydrogen-bond donors (Lipinski definition) is 1. The maximum absolute atomic E-state index is 13.8. The van der Waals surface area contributed by atoms with Gasteiger partial charge in [-0.1, -0.05) is 6.07 Å². The van der Waals surface area contributed by atoms with E-state index in [0.29, 0.717) is 18.7 Å². The quantitative estimate of drug-likeness (QED) is 0.799. The van der Waals surface area contributed by atoms with Crippen molar-refractivity contribution in [1.82, 2.24) is 14.9 Å². The average molecular weight is 287 g/mol. The summed E-state index contributed by atoms with van der Waals surface area (Å²) < 4.78 is 28.7. The first-order valence-electron chi connectivity index (χ1n) is 6.70. The molecule has 0 aliphatic rings. The van der Waals surface area contributed by atoms with Crippen molar-refractivity contribution in [3.63, 3.8) is 0 Å². The van der Waals surface area contributed by atoms with Gasteiger partial charge in [0.1, 0.15) is 17.3 Å². The second-order valence-electron chi connectivity index (χ2n) is 4.92. The van der Waals surface area contributed by atoms with Crippen molar-refractivity contribution in [2.75, 3.05) is 7.05 Å². The molecule has 1 aromatic carbocycles. The SMILES string of the molecule is CNCc1cn(Cc2ccc(F)cc2F)c2ncccc12. The minimum Gasteiger partial charge on any atom is -0.328 e. The van der Waals surface area contributed by atoms with Gasteiger partial charge < -0.3 is 9.88 Å². The Hall–Kier alpha value is -2.27. The highest BCUT2D eigenvalue weighted by molar-refractivity contribution is 5.80. The molecule has 0 aliphatic heterocycles. The monoisotopic (exact) mass is 287 g/mol. The molecular formula is C16H15F2N3. The summed E-state index contributed by atoms with van der Waals surface area (Å²) in [4.78, 5) is 4.37. The molecule has 3 rings (SSSR count). The first-order chi connectivity index (χ1) is 10.2. The molecule has 5 heteroatoms. The van der Waals surface area contributed by atoms with E-state index >= 15 is 0 Å². The van der Waals surface area contributed by atoms with Gasteiger partial charge in [-0.15, -0.1) is 0 Å². The molecular weight excluding hydrogens is 272 g/mol. The van der Waals surface area contributed by atoms with E-state index in [0.717, 1.165) is 22.7 Å². The molecule has 1 N–H and O–H groups in total. The minimum atomic E-state index is -0.567. The summed E-state index contributed by atoms with van der Waals surface area (Å²) >= 11 is 0. The van der Waals surface area contributed by atoms with Crippen molar-refractivity contribution >= 4 is 11.0 Å². The Morgan fingerprint density at radius 3 is 2.81 bits per heavy atom. The zero-order valence-corrected chi connectivity index (χ0v) is 11.6. The smallest absolute Gasteiger partial charge is 0.140 e. The molecule has 108 valence electrons. The second-order valence-corrected chi connectivity index (χ2v) is 4.92. The Bertz CT molecular complexity index is 780. The number of rotatable bonds is 4. The lowest BCUT2D eigenvalue weighted by Crippen LogP contribution is -2.05. The van der Waals surface area contributed by atoms with E-state index in [4.69, 9.17) is 0 Å². The number of nitrogens with one attached hydrogen (secondary N) is 1. The molecule has 3 aromatic rings. The van der Waals surface area contributed by atoms with Gasteiger partial charge in [-0.05, 0) is 30.8 Å². The zero-order valence-electron chi connectivity index (χ0n) is 11.6. The van der Waals surface area contributed by atoms with Crippen LogP contribution in [0.4, 0.5) is 8.78 Å². The predicted octanol–water partition coefficient (Wildman–Crippen LogP) is 3.08. The van der Waals surface area contributed by atoms with Crippen LogP contribution in [0, 0.1) is 11.6 Å². The van der Waals surface area contributed by atoms with Crippen LogP contribution in [-0.4, -0.2) is 16.6 Å². The first-order valence-corrected chi connectivity index (χ1v) is 6.70. The average Bonchev–Trinajstić information content (AvgIpc) is 2.81. The Morgan fingerprint density at radius 2 is 2.05 bits per heavy atom. The van der Waals surface area contributed by atoms with E-state index in [1.165, 1.54) is 12.1 Å². The molecule has 0 spiro atoms. The molecule has 3 nitrogen and oxygen atoms in total. The van der Waals surface area contributed by atoms with Crippen LogP contribution >= 0.6 is 0 Å². The Balaban J connectivity index is 2.04. The normalized spacial score (nSPS) is 11.2. The third-order valence-corrected chi connectivity index (χ3v) is 3.44. The van der Waals surface area contributed by atoms with Gasteiger partial charge in [0.15, 0.2) is 0 Å². The molecule has 2 heterocycles. The van der Waals surface area contributed by atoms with Crippen LogP contribution in [-0.2, 0) is 13.1 Å². The van der Waals surface area contributed by atoms with E-state index in [1.54, 1.807) is 6.20 Å². The van der Waals surface area contributed by atoms with Crippen LogP contribution in [0.5, 0.6) is 0 Å². The molecule has 0 amide bonds. The Morgan fingerprint density at radius 1 is 1.19 bits per heavy atom. The number of aromatic nitrogens is 2. The lowest BCUT2D eigenvalue weighted by Gasteiger charge is -2.06.